The summed E-state index contributed by atoms with van der Waals surface area (Å²) in [6, 6.07) is 7.82. The maximum atomic E-state index is 13.8. The van der Waals surface area contributed by atoms with Crippen LogP contribution in [0.2, 0.25) is 0 Å². The van der Waals surface area contributed by atoms with Crippen molar-refractivity contribution in [3.05, 3.63) is 71.9 Å². The topological polar surface area (TPSA) is 113 Å². The number of hydrogen-bond acceptors (Lipinski definition) is 7. The molecule has 4 aromatic rings. The van der Waals surface area contributed by atoms with Crippen LogP contribution in [0, 0.1) is 0 Å². The van der Waals surface area contributed by atoms with Gasteiger partial charge in [0, 0.05) is 37.3 Å². The zero-order chi connectivity index (χ0) is 23.4. The van der Waals surface area contributed by atoms with Crippen molar-refractivity contribution in [2.45, 2.75) is 19.1 Å². The second-order valence-electron chi connectivity index (χ2n) is 6.77. The zero-order valence-electron chi connectivity index (χ0n) is 17.2. The Hall–Kier alpha value is -4.29. The molecule has 13 heteroatoms. The average Bonchev–Trinajstić information content (AvgIpc) is 3.45. The SMILES string of the molecule is COc1ccc(-n2ncc(C(=O)Nc3ccn(CCc4ccncc4)n3)c2C(F)(F)F)nn1. The fraction of sp³-hybridized carbons (Fsp3) is 0.200. The minimum atomic E-state index is -4.88. The Morgan fingerprint density at radius 2 is 1.91 bits per heavy atom. The molecule has 0 fully saturated rings. The molecule has 1 N–H and O–H groups in total. The van der Waals surface area contributed by atoms with Gasteiger partial charge in [-0.3, -0.25) is 14.5 Å². The quantitative estimate of drug-likeness (QED) is 0.453. The van der Waals surface area contributed by atoms with E-state index in [4.69, 9.17) is 4.74 Å². The lowest BCUT2D eigenvalue weighted by Gasteiger charge is -2.11. The largest absolute Gasteiger partial charge is 0.480 e. The molecule has 33 heavy (non-hydrogen) atoms. The van der Waals surface area contributed by atoms with E-state index in [1.54, 1.807) is 23.3 Å². The highest BCUT2D eigenvalue weighted by Gasteiger charge is 2.41. The number of nitrogens with one attached hydrogen (secondary N) is 1. The number of hydrogen-bond donors (Lipinski definition) is 1. The lowest BCUT2D eigenvalue weighted by molar-refractivity contribution is -0.143. The third-order valence-corrected chi connectivity index (χ3v) is 4.60. The molecule has 0 bridgehead atoms. The number of methoxy groups -OCH3 is 1. The molecule has 0 spiro atoms. The van der Waals surface area contributed by atoms with Crippen molar-refractivity contribution in [1.29, 1.82) is 0 Å². The molecule has 0 aliphatic heterocycles. The molecule has 0 saturated carbocycles. The van der Waals surface area contributed by atoms with E-state index in [-0.39, 0.29) is 17.5 Å². The van der Waals surface area contributed by atoms with Gasteiger partial charge < -0.3 is 10.1 Å². The van der Waals surface area contributed by atoms with Gasteiger partial charge in [0.05, 0.1) is 18.9 Å². The van der Waals surface area contributed by atoms with Gasteiger partial charge in [-0.05, 0) is 30.2 Å². The van der Waals surface area contributed by atoms with Gasteiger partial charge >= 0.3 is 6.18 Å². The Balaban J connectivity index is 1.52. The number of nitrogens with zero attached hydrogens (tertiary/aromatic N) is 7. The van der Waals surface area contributed by atoms with Gasteiger partial charge in [0.2, 0.25) is 5.88 Å². The summed E-state index contributed by atoms with van der Waals surface area (Å²) in [4.78, 5) is 16.6. The third-order valence-electron chi connectivity index (χ3n) is 4.60. The minimum absolute atomic E-state index is 0.111. The van der Waals surface area contributed by atoms with Crippen LogP contribution in [0.4, 0.5) is 19.0 Å². The maximum absolute atomic E-state index is 13.8. The third kappa shape index (κ3) is 4.97. The second-order valence-corrected chi connectivity index (χ2v) is 6.77. The fourth-order valence-corrected chi connectivity index (χ4v) is 3.03. The van der Waals surface area contributed by atoms with Gasteiger partial charge in [-0.25, -0.2) is 4.68 Å². The molecule has 0 aliphatic carbocycles. The molecule has 0 aliphatic rings. The summed E-state index contributed by atoms with van der Waals surface area (Å²) in [7, 11) is 1.35. The zero-order valence-corrected chi connectivity index (χ0v) is 17.2. The van der Waals surface area contributed by atoms with Crippen molar-refractivity contribution in [3.63, 3.8) is 0 Å². The molecular weight excluding hydrogens is 441 g/mol. The van der Waals surface area contributed by atoms with Gasteiger partial charge in [0.15, 0.2) is 17.3 Å². The normalized spacial score (nSPS) is 11.4. The summed E-state index contributed by atoms with van der Waals surface area (Å²) in [5.74, 6) is -0.992. The van der Waals surface area contributed by atoms with Crippen molar-refractivity contribution in [2.24, 2.45) is 0 Å². The van der Waals surface area contributed by atoms with Crippen molar-refractivity contribution in [3.8, 4) is 11.7 Å². The number of carbonyl (C=O) groups excluding carboxylic acids is 1. The first-order valence-corrected chi connectivity index (χ1v) is 9.62. The van der Waals surface area contributed by atoms with Gasteiger partial charge in [-0.1, -0.05) is 0 Å². The molecular formula is C20H17F3N8O2. The number of anilines is 1. The Morgan fingerprint density at radius 1 is 1.12 bits per heavy atom. The standard InChI is InChI=1S/C20H17F3N8O2/c1-33-17-3-2-16(27-28-17)31-18(20(21,22)23)14(12-25-31)19(32)26-15-7-11-30(29-15)10-6-13-4-8-24-9-5-13/h2-5,7-9,11-12H,6,10H2,1H3,(H,26,29,32). The summed E-state index contributed by atoms with van der Waals surface area (Å²) in [5, 5.41) is 17.6. The van der Waals surface area contributed by atoms with Crippen LogP contribution in [0.3, 0.4) is 0 Å². The lowest BCUT2D eigenvalue weighted by Crippen LogP contribution is -2.21. The van der Waals surface area contributed by atoms with E-state index in [9.17, 15) is 18.0 Å². The molecule has 1 amide bonds. The summed E-state index contributed by atoms with van der Waals surface area (Å²) >= 11 is 0. The molecule has 10 nitrogen and oxygen atoms in total. The Kier molecular flexibility index (Phi) is 6.02. The Bertz CT molecular complexity index is 1240. The van der Waals surface area contributed by atoms with E-state index in [2.05, 4.69) is 30.7 Å². The highest BCUT2D eigenvalue weighted by molar-refractivity contribution is 6.04. The van der Waals surface area contributed by atoms with Crippen molar-refractivity contribution in [2.75, 3.05) is 12.4 Å². The highest BCUT2D eigenvalue weighted by atomic mass is 19.4. The molecule has 0 saturated heterocycles. The summed E-state index contributed by atoms with van der Waals surface area (Å²) in [5.41, 5.74) is -0.905. The first-order valence-electron chi connectivity index (χ1n) is 9.62. The smallest absolute Gasteiger partial charge is 0.434 e. The number of halogens is 3. The van der Waals surface area contributed by atoms with Crippen LogP contribution in [-0.2, 0) is 19.1 Å². The Morgan fingerprint density at radius 3 is 2.58 bits per heavy atom. The number of alkyl halides is 3. The number of amides is 1. The predicted molar refractivity (Wildman–Crippen MR) is 109 cm³/mol. The van der Waals surface area contributed by atoms with Crippen LogP contribution >= 0.6 is 0 Å². The van der Waals surface area contributed by atoms with Crippen LogP contribution in [-0.4, -0.2) is 47.8 Å². The fourth-order valence-electron chi connectivity index (χ4n) is 3.03. The van der Waals surface area contributed by atoms with E-state index in [1.165, 1.54) is 25.3 Å². The first-order chi connectivity index (χ1) is 15.8. The molecule has 4 heterocycles. The van der Waals surface area contributed by atoms with E-state index >= 15 is 0 Å². The molecule has 0 unspecified atom stereocenters. The van der Waals surface area contributed by atoms with Crippen LogP contribution < -0.4 is 10.1 Å². The van der Waals surface area contributed by atoms with E-state index in [1.807, 2.05) is 12.1 Å². The van der Waals surface area contributed by atoms with Crippen LogP contribution in [0.1, 0.15) is 21.6 Å². The van der Waals surface area contributed by atoms with Crippen LogP contribution in [0.15, 0.2) is 55.1 Å². The summed E-state index contributed by atoms with van der Waals surface area (Å²) in [6.45, 7) is 0.516. The molecule has 0 radical (unpaired) electrons. The molecule has 0 aromatic carbocycles. The van der Waals surface area contributed by atoms with Gasteiger partial charge in [-0.15, -0.1) is 10.2 Å². The maximum Gasteiger partial charge on any atom is 0.434 e. The molecule has 170 valence electrons. The lowest BCUT2D eigenvalue weighted by atomic mass is 10.2. The number of aryl methyl sites for hydroxylation is 2. The van der Waals surface area contributed by atoms with Crippen LogP contribution in [0.5, 0.6) is 5.88 Å². The van der Waals surface area contributed by atoms with Crippen molar-refractivity contribution in [1.82, 2.24) is 34.7 Å². The monoisotopic (exact) mass is 458 g/mol. The summed E-state index contributed by atoms with van der Waals surface area (Å²) < 4.78 is 48.3. The number of pyridine rings is 1. The number of aromatic nitrogens is 7. The van der Waals surface area contributed by atoms with Gasteiger partial charge in [-0.2, -0.15) is 23.4 Å². The average molecular weight is 458 g/mol. The van der Waals surface area contributed by atoms with Gasteiger partial charge in [0.25, 0.3) is 5.91 Å². The van der Waals surface area contributed by atoms with Crippen molar-refractivity contribution < 1.29 is 22.7 Å². The molecule has 4 aromatic heterocycles. The van der Waals surface area contributed by atoms with Crippen molar-refractivity contribution >= 4 is 11.7 Å². The summed E-state index contributed by atoms with van der Waals surface area (Å²) in [6.07, 6.45) is 1.60. The first kappa shape index (κ1) is 21.9. The minimum Gasteiger partial charge on any atom is -0.480 e. The van der Waals surface area contributed by atoms with Crippen LogP contribution in [0.25, 0.3) is 5.82 Å². The number of carbonyl (C=O) groups is 1. The number of rotatable bonds is 7. The number of ether oxygens (including phenoxy) is 1. The second kappa shape index (κ2) is 9.06. The van der Waals surface area contributed by atoms with E-state index < -0.39 is 23.3 Å². The molecule has 0 atom stereocenters. The highest BCUT2D eigenvalue weighted by Crippen LogP contribution is 2.33. The Labute approximate surface area is 185 Å². The van der Waals surface area contributed by atoms with E-state index in [0.29, 0.717) is 17.6 Å². The predicted octanol–water partition coefficient (Wildman–Crippen LogP) is 2.78. The van der Waals surface area contributed by atoms with Gasteiger partial charge in [0.1, 0.15) is 0 Å². The molecule has 4 rings (SSSR count). The van der Waals surface area contributed by atoms with E-state index in [0.717, 1.165) is 11.8 Å².